The monoisotopic (exact) mass is 309 g/mol. The van der Waals surface area contributed by atoms with Gasteiger partial charge in [-0.25, -0.2) is 18.1 Å². The van der Waals surface area contributed by atoms with Gasteiger partial charge in [0.1, 0.15) is 0 Å². The van der Waals surface area contributed by atoms with Gasteiger partial charge in [-0.15, -0.1) is 0 Å². The topological polar surface area (TPSA) is 64.0 Å². The van der Waals surface area contributed by atoms with E-state index >= 15 is 0 Å². The second kappa shape index (κ2) is 6.58. The van der Waals surface area contributed by atoms with Crippen LogP contribution >= 0.6 is 0 Å². The van der Waals surface area contributed by atoms with Crippen LogP contribution in [0.15, 0.2) is 24.5 Å². The second-order valence-corrected chi connectivity index (χ2v) is 7.49. The number of hydrogen-bond donors (Lipinski definition) is 1. The molecule has 2 aromatic rings. The molecule has 0 aliphatic heterocycles. The van der Waals surface area contributed by atoms with Crippen molar-refractivity contribution in [3.63, 3.8) is 0 Å². The Labute approximate surface area is 126 Å². The van der Waals surface area contributed by atoms with E-state index in [1.54, 1.807) is 0 Å². The average Bonchev–Trinajstić information content (AvgIpc) is 2.86. The molecule has 0 atom stereocenters. The highest BCUT2D eigenvalue weighted by atomic mass is 32.2. The fourth-order valence-corrected chi connectivity index (χ4v) is 3.40. The number of benzene rings is 1. The lowest BCUT2D eigenvalue weighted by atomic mass is 10.2. The first-order chi connectivity index (χ1) is 9.93. The molecule has 116 valence electrons. The molecule has 1 N–H and O–H groups in total. The molecule has 2 rings (SSSR count). The Bertz CT molecular complexity index is 705. The molecular formula is C15H23N3O2S. The van der Waals surface area contributed by atoms with Crippen LogP contribution in [0, 0.1) is 0 Å². The molecule has 0 amide bonds. The lowest BCUT2D eigenvalue weighted by Gasteiger charge is -2.09. The van der Waals surface area contributed by atoms with E-state index in [0.717, 1.165) is 23.0 Å². The zero-order valence-electron chi connectivity index (χ0n) is 12.8. The van der Waals surface area contributed by atoms with Crippen molar-refractivity contribution in [1.29, 1.82) is 0 Å². The van der Waals surface area contributed by atoms with Gasteiger partial charge in [0.05, 0.1) is 23.1 Å². The molecule has 0 aliphatic carbocycles. The number of aromatic nitrogens is 2. The molecule has 0 bridgehead atoms. The zero-order valence-corrected chi connectivity index (χ0v) is 13.7. The van der Waals surface area contributed by atoms with Crippen molar-refractivity contribution < 1.29 is 8.42 Å². The second-order valence-electron chi connectivity index (χ2n) is 5.56. The smallest absolute Gasteiger partial charge is 0.211 e. The van der Waals surface area contributed by atoms with Crippen molar-refractivity contribution in [2.24, 2.45) is 0 Å². The first-order valence-corrected chi connectivity index (χ1v) is 9.01. The van der Waals surface area contributed by atoms with E-state index in [9.17, 15) is 8.42 Å². The fourth-order valence-electron chi connectivity index (χ4n) is 2.20. The van der Waals surface area contributed by atoms with Crippen LogP contribution in [0.4, 0.5) is 0 Å². The van der Waals surface area contributed by atoms with Gasteiger partial charge < -0.3 is 4.57 Å². The first kappa shape index (κ1) is 16.0. The number of nitrogens with zero attached hydrogens (tertiary/aromatic N) is 2. The van der Waals surface area contributed by atoms with Gasteiger partial charge in [-0.2, -0.15) is 0 Å². The van der Waals surface area contributed by atoms with Crippen LogP contribution in [0.5, 0.6) is 0 Å². The third-order valence-corrected chi connectivity index (χ3v) is 4.87. The minimum absolute atomic E-state index is 0.188. The van der Waals surface area contributed by atoms with Gasteiger partial charge in [0, 0.05) is 12.6 Å². The number of nitrogens with one attached hydrogen (secondary N) is 1. The molecule has 0 radical (unpaired) electrons. The number of fused-ring (bicyclic) bond motifs is 1. The van der Waals surface area contributed by atoms with E-state index in [0.29, 0.717) is 19.0 Å². The van der Waals surface area contributed by atoms with E-state index in [1.807, 2.05) is 31.5 Å². The Balaban J connectivity index is 2.10. The van der Waals surface area contributed by atoms with Crippen molar-refractivity contribution in [3.05, 3.63) is 30.1 Å². The van der Waals surface area contributed by atoms with Gasteiger partial charge in [-0.1, -0.05) is 19.4 Å². The normalized spacial score (nSPS) is 12.4. The van der Waals surface area contributed by atoms with E-state index in [2.05, 4.69) is 28.1 Å². The van der Waals surface area contributed by atoms with Gasteiger partial charge >= 0.3 is 0 Å². The van der Waals surface area contributed by atoms with Gasteiger partial charge in [0.25, 0.3) is 0 Å². The molecule has 1 heterocycles. The standard InChI is InChI=1S/C15H23N3O2S/c1-4-5-8-21(19,20)17-10-13-6-7-15-14(9-13)16-11-18(15)12(2)3/h6-7,9,11-12,17H,4-5,8,10H2,1-3H3. The molecule has 0 saturated carbocycles. The van der Waals surface area contributed by atoms with E-state index in [4.69, 9.17) is 0 Å². The summed E-state index contributed by atoms with van der Waals surface area (Å²) < 4.78 is 28.3. The predicted molar refractivity (Wildman–Crippen MR) is 85.7 cm³/mol. The third kappa shape index (κ3) is 4.04. The summed E-state index contributed by atoms with van der Waals surface area (Å²) in [6, 6.07) is 6.24. The Hall–Kier alpha value is -1.40. The molecule has 5 nitrogen and oxygen atoms in total. The Morgan fingerprint density at radius 1 is 1.33 bits per heavy atom. The quantitative estimate of drug-likeness (QED) is 0.855. The summed E-state index contributed by atoms with van der Waals surface area (Å²) in [5.74, 6) is 0.188. The number of imidazole rings is 1. The van der Waals surface area contributed by atoms with Gasteiger partial charge in [0.15, 0.2) is 0 Å². The van der Waals surface area contributed by atoms with E-state index < -0.39 is 10.0 Å². The zero-order chi connectivity index (χ0) is 15.5. The highest BCUT2D eigenvalue weighted by molar-refractivity contribution is 7.89. The number of hydrogen-bond acceptors (Lipinski definition) is 3. The van der Waals surface area contributed by atoms with Crippen molar-refractivity contribution in [2.75, 3.05) is 5.75 Å². The molecule has 0 fully saturated rings. The van der Waals surface area contributed by atoms with E-state index in [1.165, 1.54) is 0 Å². The minimum Gasteiger partial charge on any atom is -0.328 e. The van der Waals surface area contributed by atoms with Crippen molar-refractivity contribution in [1.82, 2.24) is 14.3 Å². The van der Waals surface area contributed by atoms with Gasteiger partial charge in [0.2, 0.25) is 10.0 Å². The Morgan fingerprint density at radius 3 is 2.76 bits per heavy atom. The number of sulfonamides is 1. The van der Waals surface area contributed by atoms with Gasteiger partial charge in [-0.05, 0) is 38.0 Å². The fraction of sp³-hybridized carbons (Fsp3) is 0.533. The number of unbranched alkanes of at least 4 members (excludes halogenated alkanes) is 1. The maximum Gasteiger partial charge on any atom is 0.211 e. The molecular weight excluding hydrogens is 286 g/mol. The summed E-state index contributed by atoms with van der Waals surface area (Å²) in [6.07, 6.45) is 3.39. The predicted octanol–water partition coefficient (Wildman–Crippen LogP) is 2.84. The summed E-state index contributed by atoms with van der Waals surface area (Å²) >= 11 is 0. The van der Waals surface area contributed by atoms with Crippen LogP contribution in [0.25, 0.3) is 11.0 Å². The van der Waals surface area contributed by atoms with Crippen molar-refractivity contribution in [2.45, 2.75) is 46.2 Å². The van der Waals surface area contributed by atoms with Crippen LogP contribution in [-0.4, -0.2) is 23.7 Å². The Morgan fingerprint density at radius 2 is 2.10 bits per heavy atom. The molecule has 0 aliphatic rings. The summed E-state index contributed by atoms with van der Waals surface area (Å²) in [5, 5.41) is 0. The van der Waals surface area contributed by atoms with Crippen LogP contribution in [0.3, 0.4) is 0 Å². The molecule has 6 heteroatoms. The first-order valence-electron chi connectivity index (χ1n) is 7.35. The molecule has 1 aromatic heterocycles. The van der Waals surface area contributed by atoms with Crippen LogP contribution < -0.4 is 4.72 Å². The summed E-state index contributed by atoms with van der Waals surface area (Å²) in [5.41, 5.74) is 2.90. The maximum atomic E-state index is 11.8. The third-order valence-electron chi connectivity index (χ3n) is 3.46. The largest absolute Gasteiger partial charge is 0.328 e. The summed E-state index contributed by atoms with van der Waals surface area (Å²) in [7, 11) is -3.18. The minimum atomic E-state index is -3.18. The van der Waals surface area contributed by atoms with E-state index in [-0.39, 0.29) is 5.75 Å². The molecule has 21 heavy (non-hydrogen) atoms. The molecule has 1 aromatic carbocycles. The average molecular weight is 309 g/mol. The SMILES string of the molecule is CCCCS(=O)(=O)NCc1ccc2c(c1)ncn2C(C)C. The lowest BCUT2D eigenvalue weighted by molar-refractivity contribution is 0.578. The molecule has 0 spiro atoms. The van der Waals surface area contributed by atoms with Crippen LogP contribution in [-0.2, 0) is 16.6 Å². The van der Waals surface area contributed by atoms with Crippen LogP contribution in [0.2, 0.25) is 0 Å². The highest BCUT2D eigenvalue weighted by Crippen LogP contribution is 2.18. The highest BCUT2D eigenvalue weighted by Gasteiger charge is 2.10. The maximum absolute atomic E-state index is 11.8. The summed E-state index contributed by atoms with van der Waals surface area (Å²) in [6.45, 7) is 6.51. The molecule has 0 saturated heterocycles. The summed E-state index contributed by atoms with van der Waals surface area (Å²) in [4.78, 5) is 4.38. The van der Waals surface area contributed by atoms with Gasteiger partial charge in [-0.3, -0.25) is 0 Å². The lowest BCUT2D eigenvalue weighted by Crippen LogP contribution is -2.25. The Kier molecular flexibility index (Phi) is 5.00. The van der Waals surface area contributed by atoms with Crippen molar-refractivity contribution in [3.8, 4) is 0 Å². The number of rotatable bonds is 7. The van der Waals surface area contributed by atoms with Crippen molar-refractivity contribution >= 4 is 21.1 Å². The molecule has 0 unspecified atom stereocenters. The van der Waals surface area contributed by atoms with Crippen LogP contribution in [0.1, 0.15) is 45.2 Å².